The molecule has 0 bridgehead atoms. The van der Waals surface area contributed by atoms with Crippen molar-refractivity contribution in [1.82, 2.24) is 0 Å². The van der Waals surface area contributed by atoms with Crippen LogP contribution in [-0.2, 0) is 0 Å². The largest absolute Gasteiger partial charge is 0.493 e. The maximum atomic E-state index is 6.01. The van der Waals surface area contributed by atoms with Crippen molar-refractivity contribution in [1.29, 1.82) is 0 Å². The quantitative estimate of drug-likeness (QED) is 0.905. The summed E-state index contributed by atoms with van der Waals surface area (Å²) in [7, 11) is 0. The molecule has 1 aromatic carbocycles. The molecule has 0 saturated heterocycles. The van der Waals surface area contributed by atoms with Crippen LogP contribution in [0.5, 0.6) is 5.75 Å². The molecule has 3 rings (SSSR count). The average molecular weight is 273 g/mol. The van der Waals surface area contributed by atoms with Crippen molar-refractivity contribution in [3.63, 3.8) is 0 Å². The van der Waals surface area contributed by atoms with Crippen LogP contribution < -0.4 is 10.5 Å². The number of hydrogen-bond donors (Lipinski definition) is 1. The van der Waals surface area contributed by atoms with Crippen molar-refractivity contribution in [2.75, 3.05) is 13.2 Å². The lowest BCUT2D eigenvalue weighted by atomic mass is 9.70. The predicted molar refractivity (Wildman–Crippen MR) is 83.0 cm³/mol. The second-order valence-corrected chi connectivity index (χ2v) is 6.78. The molecule has 2 heteroatoms. The summed E-state index contributed by atoms with van der Waals surface area (Å²) in [6, 6.07) is 8.59. The molecule has 1 heterocycles. The van der Waals surface area contributed by atoms with Crippen LogP contribution in [0.3, 0.4) is 0 Å². The molecule has 2 N–H and O–H groups in total. The van der Waals surface area contributed by atoms with E-state index in [1.807, 2.05) is 0 Å². The summed E-state index contributed by atoms with van der Waals surface area (Å²) in [6.45, 7) is 4.14. The molecule has 0 amide bonds. The molecule has 4 atom stereocenters. The Bertz CT molecular complexity index is 445. The van der Waals surface area contributed by atoms with Gasteiger partial charge in [-0.2, -0.15) is 0 Å². The third-order valence-electron chi connectivity index (χ3n) is 5.37. The Morgan fingerprint density at radius 1 is 1.15 bits per heavy atom. The maximum Gasteiger partial charge on any atom is 0.122 e. The second kappa shape index (κ2) is 6.17. The molecule has 1 aliphatic carbocycles. The van der Waals surface area contributed by atoms with Crippen LogP contribution in [0.2, 0.25) is 0 Å². The van der Waals surface area contributed by atoms with E-state index in [0.29, 0.717) is 5.92 Å². The number of benzene rings is 1. The van der Waals surface area contributed by atoms with Crippen molar-refractivity contribution < 1.29 is 4.74 Å². The fraction of sp³-hybridized carbons (Fsp3) is 0.667. The molecule has 0 spiro atoms. The SMILES string of the molecule is CC1CCC(CN)C(CC2CCOc3ccccc32)C1. The second-order valence-electron chi connectivity index (χ2n) is 6.78. The molecular formula is C18H27NO. The van der Waals surface area contributed by atoms with E-state index in [9.17, 15) is 0 Å². The normalized spacial score (nSPS) is 33.3. The third kappa shape index (κ3) is 2.85. The van der Waals surface area contributed by atoms with Gasteiger partial charge >= 0.3 is 0 Å². The zero-order valence-corrected chi connectivity index (χ0v) is 12.6. The van der Waals surface area contributed by atoms with E-state index in [2.05, 4.69) is 31.2 Å². The fourth-order valence-electron chi connectivity index (χ4n) is 4.19. The van der Waals surface area contributed by atoms with Crippen LogP contribution in [0, 0.1) is 17.8 Å². The molecular weight excluding hydrogens is 246 g/mol. The number of ether oxygens (including phenoxy) is 1. The number of fused-ring (bicyclic) bond motifs is 1. The third-order valence-corrected chi connectivity index (χ3v) is 5.37. The minimum atomic E-state index is 0.671. The lowest BCUT2D eigenvalue weighted by Crippen LogP contribution is -2.31. The van der Waals surface area contributed by atoms with Crippen molar-refractivity contribution in [3.8, 4) is 5.75 Å². The Kier molecular flexibility index (Phi) is 4.30. The first-order chi connectivity index (χ1) is 9.78. The van der Waals surface area contributed by atoms with Crippen LogP contribution in [0.15, 0.2) is 24.3 Å². The van der Waals surface area contributed by atoms with E-state index in [1.54, 1.807) is 0 Å². The fourth-order valence-corrected chi connectivity index (χ4v) is 4.19. The van der Waals surface area contributed by atoms with Crippen molar-refractivity contribution >= 4 is 0 Å². The highest BCUT2D eigenvalue weighted by molar-refractivity contribution is 5.37. The Morgan fingerprint density at radius 3 is 2.85 bits per heavy atom. The van der Waals surface area contributed by atoms with Crippen molar-refractivity contribution in [2.24, 2.45) is 23.5 Å². The Labute approximate surface area is 122 Å². The molecule has 110 valence electrons. The van der Waals surface area contributed by atoms with Gasteiger partial charge in [0, 0.05) is 0 Å². The predicted octanol–water partition coefficient (Wildman–Crippen LogP) is 3.95. The molecule has 0 radical (unpaired) electrons. The van der Waals surface area contributed by atoms with Crippen molar-refractivity contribution in [2.45, 2.75) is 44.9 Å². The number of nitrogens with two attached hydrogens (primary N) is 1. The molecule has 1 aromatic rings. The molecule has 1 aliphatic heterocycles. The van der Waals surface area contributed by atoms with Crippen LogP contribution in [0.4, 0.5) is 0 Å². The molecule has 1 fully saturated rings. The number of para-hydroxylation sites is 1. The average Bonchev–Trinajstić information content (AvgIpc) is 2.48. The van der Waals surface area contributed by atoms with E-state index in [1.165, 1.54) is 37.7 Å². The molecule has 0 aromatic heterocycles. The molecule has 20 heavy (non-hydrogen) atoms. The molecule has 2 aliphatic rings. The van der Waals surface area contributed by atoms with Crippen LogP contribution in [-0.4, -0.2) is 13.2 Å². The van der Waals surface area contributed by atoms with E-state index in [0.717, 1.165) is 36.7 Å². The van der Waals surface area contributed by atoms with Gasteiger partial charge in [0.25, 0.3) is 0 Å². The Balaban J connectivity index is 1.74. The van der Waals surface area contributed by atoms with E-state index < -0.39 is 0 Å². The van der Waals surface area contributed by atoms with Crippen LogP contribution in [0.1, 0.15) is 50.5 Å². The summed E-state index contributed by atoms with van der Waals surface area (Å²) in [5.74, 6) is 4.19. The first-order valence-corrected chi connectivity index (χ1v) is 8.19. The topological polar surface area (TPSA) is 35.2 Å². The molecule has 2 nitrogen and oxygen atoms in total. The van der Waals surface area contributed by atoms with E-state index in [-0.39, 0.29) is 0 Å². The van der Waals surface area contributed by atoms with Gasteiger partial charge in [0.1, 0.15) is 5.75 Å². The summed E-state index contributed by atoms with van der Waals surface area (Å²) in [5, 5.41) is 0. The highest BCUT2D eigenvalue weighted by Gasteiger charge is 2.31. The van der Waals surface area contributed by atoms with Gasteiger partial charge < -0.3 is 10.5 Å². The van der Waals surface area contributed by atoms with Gasteiger partial charge in [-0.1, -0.05) is 31.5 Å². The summed E-state index contributed by atoms with van der Waals surface area (Å²) in [4.78, 5) is 0. The Hall–Kier alpha value is -1.02. The van der Waals surface area contributed by atoms with Gasteiger partial charge in [0.05, 0.1) is 6.61 Å². The van der Waals surface area contributed by atoms with E-state index >= 15 is 0 Å². The summed E-state index contributed by atoms with van der Waals surface area (Å²) < 4.78 is 5.79. The highest BCUT2D eigenvalue weighted by Crippen LogP contribution is 2.43. The Morgan fingerprint density at radius 2 is 2.00 bits per heavy atom. The van der Waals surface area contributed by atoms with Gasteiger partial charge in [-0.05, 0) is 67.5 Å². The number of rotatable bonds is 3. The van der Waals surface area contributed by atoms with Gasteiger partial charge in [-0.3, -0.25) is 0 Å². The summed E-state index contributed by atoms with van der Waals surface area (Å²) in [6.07, 6.45) is 6.52. The van der Waals surface area contributed by atoms with Gasteiger partial charge in [-0.15, -0.1) is 0 Å². The molecule has 1 saturated carbocycles. The highest BCUT2D eigenvalue weighted by atomic mass is 16.5. The number of hydrogen-bond acceptors (Lipinski definition) is 2. The zero-order chi connectivity index (χ0) is 13.9. The summed E-state index contributed by atoms with van der Waals surface area (Å²) in [5.41, 5.74) is 7.44. The van der Waals surface area contributed by atoms with Gasteiger partial charge in [0.2, 0.25) is 0 Å². The van der Waals surface area contributed by atoms with Crippen LogP contribution >= 0.6 is 0 Å². The molecule has 4 unspecified atom stereocenters. The van der Waals surface area contributed by atoms with Gasteiger partial charge in [0.15, 0.2) is 0 Å². The lowest BCUT2D eigenvalue weighted by Gasteiger charge is -2.37. The zero-order valence-electron chi connectivity index (χ0n) is 12.6. The van der Waals surface area contributed by atoms with E-state index in [4.69, 9.17) is 10.5 Å². The first kappa shape index (κ1) is 13.9. The maximum absolute atomic E-state index is 6.01. The van der Waals surface area contributed by atoms with Crippen molar-refractivity contribution in [3.05, 3.63) is 29.8 Å². The first-order valence-electron chi connectivity index (χ1n) is 8.19. The standard InChI is InChI=1S/C18H27NO/c1-13-6-7-15(12-19)16(10-13)11-14-8-9-20-18-5-3-2-4-17(14)18/h2-5,13-16H,6-12,19H2,1H3. The minimum absolute atomic E-state index is 0.671. The smallest absolute Gasteiger partial charge is 0.122 e. The summed E-state index contributed by atoms with van der Waals surface area (Å²) >= 11 is 0. The lowest BCUT2D eigenvalue weighted by molar-refractivity contribution is 0.161. The van der Waals surface area contributed by atoms with Gasteiger partial charge in [-0.25, -0.2) is 0 Å². The minimum Gasteiger partial charge on any atom is -0.493 e. The van der Waals surface area contributed by atoms with Crippen LogP contribution in [0.25, 0.3) is 0 Å². The monoisotopic (exact) mass is 273 g/mol.